The van der Waals surface area contributed by atoms with Gasteiger partial charge in [-0.2, -0.15) is 0 Å². The number of ether oxygens (including phenoxy) is 1. The Morgan fingerprint density at radius 2 is 1.60 bits per heavy atom. The lowest BCUT2D eigenvalue weighted by Gasteiger charge is -2.39. The second-order valence-corrected chi connectivity index (χ2v) is 6.65. The molecule has 0 aliphatic carbocycles. The maximum absolute atomic E-state index is 5.32. The van der Waals surface area contributed by atoms with Gasteiger partial charge in [0.2, 0.25) is 0 Å². The number of hydrogen-bond acceptors (Lipinski definition) is 2. The molecular weight excluding hydrogens is 306 g/mol. The van der Waals surface area contributed by atoms with Gasteiger partial charge in [-0.25, -0.2) is 0 Å². The van der Waals surface area contributed by atoms with Gasteiger partial charge in [-0.05, 0) is 54.3 Å². The van der Waals surface area contributed by atoms with Crippen LogP contribution in [0, 0.1) is 6.92 Å². The minimum atomic E-state index is 0.249. The Kier molecular flexibility index (Phi) is 4.19. The van der Waals surface area contributed by atoms with Crippen molar-refractivity contribution >= 4 is 5.69 Å². The molecule has 3 aromatic rings. The van der Waals surface area contributed by atoms with E-state index in [9.17, 15) is 0 Å². The van der Waals surface area contributed by atoms with Gasteiger partial charge in [0.15, 0.2) is 0 Å². The van der Waals surface area contributed by atoms with Gasteiger partial charge < -0.3 is 9.64 Å². The molecule has 1 unspecified atom stereocenters. The van der Waals surface area contributed by atoms with Crippen molar-refractivity contribution in [3.05, 3.63) is 95.1 Å². The highest BCUT2D eigenvalue weighted by atomic mass is 16.5. The molecular formula is C23H23NO. The SMILES string of the molecule is COc1ccc(N2CCc3ccccc3C2c2ccc(C)cc2)cc1. The Bertz CT molecular complexity index is 852. The number of fused-ring (bicyclic) bond motifs is 1. The van der Waals surface area contributed by atoms with Crippen molar-refractivity contribution in [3.63, 3.8) is 0 Å². The highest BCUT2D eigenvalue weighted by molar-refractivity contribution is 5.57. The van der Waals surface area contributed by atoms with E-state index in [2.05, 4.69) is 72.5 Å². The Balaban J connectivity index is 1.80. The van der Waals surface area contributed by atoms with Crippen LogP contribution in [0.3, 0.4) is 0 Å². The van der Waals surface area contributed by atoms with Crippen molar-refractivity contribution in [1.29, 1.82) is 0 Å². The third kappa shape index (κ3) is 3.00. The average Bonchev–Trinajstić information content (AvgIpc) is 2.68. The zero-order chi connectivity index (χ0) is 17.2. The number of hydrogen-bond donors (Lipinski definition) is 0. The Hall–Kier alpha value is -2.74. The van der Waals surface area contributed by atoms with E-state index < -0.39 is 0 Å². The molecule has 4 rings (SSSR count). The normalized spacial score (nSPS) is 16.4. The van der Waals surface area contributed by atoms with Crippen LogP contribution in [0.4, 0.5) is 5.69 Å². The van der Waals surface area contributed by atoms with Gasteiger partial charge in [-0.15, -0.1) is 0 Å². The zero-order valence-corrected chi connectivity index (χ0v) is 14.8. The van der Waals surface area contributed by atoms with E-state index in [1.54, 1.807) is 7.11 Å². The molecule has 0 saturated heterocycles. The highest BCUT2D eigenvalue weighted by Gasteiger charge is 2.28. The second kappa shape index (κ2) is 6.64. The predicted molar refractivity (Wildman–Crippen MR) is 104 cm³/mol. The van der Waals surface area contributed by atoms with Gasteiger partial charge in [0.25, 0.3) is 0 Å². The smallest absolute Gasteiger partial charge is 0.119 e. The molecule has 1 aliphatic heterocycles. The first-order chi connectivity index (χ1) is 12.3. The molecule has 0 radical (unpaired) electrons. The van der Waals surface area contributed by atoms with Crippen LogP contribution < -0.4 is 9.64 Å². The molecule has 2 heteroatoms. The number of aryl methyl sites for hydroxylation is 1. The summed E-state index contributed by atoms with van der Waals surface area (Å²) in [5.41, 5.74) is 6.74. The lowest BCUT2D eigenvalue weighted by atomic mass is 9.87. The summed E-state index contributed by atoms with van der Waals surface area (Å²) in [6.07, 6.45) is 1.07. The Morgan fingerprint density at radius 3 is 2.32 bits per heavy atom. The topological polar surface area (TPSA) is 12.5 Å². The third-order valence-electron chi connectivity index (χ3n) is 5.08. The lowest BCUT2D eigenvalue weighted by molar-refractivity contribution is 0.414. The fourth-order valence-electron chi connectivity index (χ4n) is 3.73. The summed E-state index contributed by atoms with van der Waals surface area (Å²) in [5.74, 6) is 0.896. The second-order valence-electron chi connectivity index (χ2n) is 6.65. The van der Waals surface area contributed by atoms with Gasteiger partial charge in [0.05, 0.1) is 13.2 Å². The van der Waals surface area contributed by atoms with E-state index in [0.29, 0.717) is 0 Å². The number of benzene rings is 3. The van der Waals surface area contributed by atoms with Crippen molar-refractivity contribution in [1.82, 2.24) is 0 Å². The summed E-state index contributed by atoms with van der Waals surface area (Å²) in [7, 11) is 1.71. The molecule has 0 N–H and O–H groups in total. The molecule has 1 atom stereocenters. The molecule has 0 fully saturated rings. The van der Waals surface area contributed by atoms with E-state index in [1.165, 1.54) is 27.9 Å². The number of anilines is 1. The number of rotatable bonds is 3. The van der Waals surface area contributed by atoms with Crippen LogP contribution in [-0.4, -0.2) is 13.7 Å². The molecule has 0 amide bonds. The molecule has 1 heterocycles. The van der Waals surface area contributed by atoms with E-state index in [1.807, 2.05) is 12.1 Å². The summed E-state index contributed by atoms with van der Waals surface area (Å²) < 4.78 is 5.32. The van der Waals surface area contributed by atoms with Crippen LogP contribution in [0.1, 0.15) is 28.3 Å². The molecule has 0 spiro atoms. The van der Waals surface area contributed by atoms with Crippen LogP contribution in [0.25, 0.3) is 0 Å². The van der Waals surface area contributed by atoms with Crippen LogP contribution in [0.2, 0.25) is 0 Å². The van der Waals surface area contributed by atoms with Crippen molar-refractivity contribution in [2.75, 3.05) is 18.6 Å². The minimum Gasteiger partial charge on any atom is -0.497 e. The molecule has 0 bridgehead atoms. The quantitative estimate of drug-likeness (QED) is 0.658. The average molecular weight is 329 g/mol. The summed E-state index contributed by atoms with van der Waals surface area (Å²) in [4.78, 5) is 2.51. The molecule has 0 aromatic heterocycles. The fraction of sp³-hybridized carbons (Fsp3) is 0.217. The first-order valence-electron chi connectivity index (χ1n) is 8.81. The van der Waals surface area contributed by atoms with Crippen molar-refractivity contribution in [3.8, 4) is 5.75 Å². The van der Waals surface area contributed by atoms with Crippen molar-refractivity contribution < 1.29 is 4.74 Å². The molecule has 2 nitrogen and oxygen atoms in total. The van der Waals surface area contributed by atoms with Gasteiger partial charge in [-0.1, -0.05) is 54.1 Å². The fourth-order valence-corrected chi connectivity index (χ4v) is 3.73. The molecule has 1 aliphatic rings. The minimum absolute atomic E-state index is 0.249. The monoisotopic (exact) mass is 329 g/mol. The van der Waals surface area contributed by atoms with Gasteiger partial charge in [0, 0.05) is 12.2 Å². The van der Waals surface area contributed by atoms with E-state index in [0.717, 1.165) is 18.7 Å². The van der Waals surface area contributed by atoms with Crippen LogP contribution in [-0.2, 0) is 6.42 Å². The first-order valence-corrected chi connectivity index (χ1v) is 8.81. The van der Waals surface area contributed by atoms with Crippen LogP contribution >= 0.6 is 0 Å². The summed E-state index contributed by atoms with van der Waals surface area (Å²) >= 11 is 0. The predicted octanol–water partition coefficient (Wildman–Crippen LogP) is 5.16. The summed E-state index contributed by atoms with van der Waals surface area (Å²) in [6, 6.07) is 26.4. The zero-order valence-electron chi connectivity index (χ0n) is 14.8. The van der Waals surface area contributed by atoms with Gasteiger partial charge >= 0.3 is 0 Å². The van der Waals surface area contributed by atoms with E-state index in [4.69, 9.17) is 4.74 Å². The number of nitrogens with zero attached hydrogens (tertiary/aromatic N) is 1. The van der Waals surface area contributed by atoms with Crippen LogP contribution in [0.15, 0.2) is 72.8 Å². The molecule has 3 aromatic carbocycles. The van der Waals surface area contributed by atoms with E-state index >= 15 is 0 Å². The van der Waals surface area contributed by atoms with Crippen molar-refractivity contribution in [2.45, 2.75) is 19.4 Å². The maximum atomic E-state index is 5.32. The Labute approximate surface area is 149 Å². The summed E-state index contributed by atoms with van der Waals surface area (Å²) in [5, 5.41) is 0. The third-order valence-corrected chi connectivity index (χ3v) is 5.08. The molecule has 25 heavy (non-hydrogen) atoms. The van der Waals surface area contributed by atoms with Gasteiger partial charge in [0.1, 0.15) is 5.75 Å². The van der Waals surface area contributed by atoms with Crippen LogP contribution in [0.5, 0.6) is 5.75 Å². The summed E-state index contributed by atoms with van der Waals surface area (Å²) in [6.45, 7) is 3.15. The van der Waals surface area contributed by atoms with Crippen molar-refractivity contribution in [2.24, 2.45) is 0 Å². The molecule has 0 saturated carbocycles. The number of methoxy groups -OCH3 is 1. The molecule has 126 valence electrons. The van der Waals surface area contributed by atoms with Gasteiger partial charge in [-0.3, -0.25) is 0 Å². The standard InChI is InChI=1S/C23H23NO/c1-17-7-9-19(10-8-17)23-22-6-4-3-5-18(22)15-16-24(23)20-11-13-21(25-2)14-12-20/h3-14,23H,15-16H2,1-2H3. The first kappa shape index (κ1) is 15.8. The van der Waals surface area contributed by atoms with E-state index in [-0.39, 0.29) is 6.04 Å². The highest BCUT2D eigenvalue weighted by Crippen LogP contribution is 2.38. The lowest BCUT2D eigenvalue weighted by Crippen LogP contribution is -2.36. The largest absolute Gasteiger partial charge is 0.497 e. The Morgan fingerprint density at radius 1 is 0.880 bits per heavy atom. The maximum Gasteiger partial charge on any atom is 0.119 e.